The van der Waals surface area contributed by atoms with Crippen molar-refractivity contribution >= 4 is 16.1 Å². The first-order valence-electron chi connectivity index (χ1n) is 5.56. The Hall–Kier alpha value is -2.38. The maximum Gasteiger partial charge on any atom is 0.336 e. The molecule has 0 aromatic heterocycles. The fraction of sp³-hybridized carbons (Fsp3) is 0. The van der Waals surface area contributed by atoms with Crippen LogP contribution < -0.4 is 16.9 Å². The molecule has 6 N–H and O–H groups in total. The maximum atomic E-state index is 11.1. The van der Waals surface area contributed by atoms with Crippen molar-refractivity contribution < 1.29 is 18.4 Å². The number of guanidine groups is 1. The van der Waals surface area contributed by atoms with Gasteiger partial charge in [0.25, 0.3) is 0 Å². The molecule has 7 heteroatoms. The van der Waals surface area contributed by atoms with Crippen LogP contribution in [0.25, 0.3) is 11.1 Å². The highest BCUT2D eigenvalue weighted by molar-refractivity contribution is 7.85. The Morgan fingerprint density at radius 3 is 1.90 bits per heavy atom. The molecular formula is C13H15N3O3S. The second-order valence-electron chi connectivity index (χ2n) is 3.82. The molecule has 0 fully saturated rings. The van der Waals surface area contributed by atoms with Gasteiger partial charge in [0.15, 0.2) is 0 Å². The van der Waals surface area contributed by atoms with E-state index in [0.717, 1.165) is 5.56 Å². The second-order valence-corrected chi connectivity index (χ2v) is 5.16. The van der Waals surface area contributed by atoms with E-state index in [2.05, 4.69) is 16.9 Å². The Bertz CT molecular complexity index is 681. The minimum atomic E-state index is -4.43. The van der Waals surface area contributed by atoms with Crippen LogP contribution >= 0.6 is 0 Å². The first-order valence-corrected chi connectivity index (χ1v) is 6.97. The van der Waals surface area contributed by atoms with Gasteiger partial charge >= 0.3 is 5.96 Å². The number of hydrogen-bond acceptors (Lipinski definition) is 3. The predicted molar refractivity (Wildman–Crippen MR) is 75.1 cm³/mol. The van der Waals surface area contributed by atoms with Crippen molar-refractivity contribution in [1.29, 1.82) is 0 Å². The Balaban J connectivity index is 0.000000444. The van der Waals surface area contributed by atoms with Crippen molar-refractivity contribution in [3.8, 4) is 11.1 Å². The summed E-state index contributed by atoms with van der Waals surface area (Å²) in [5.41, 5.74) is 10.3. The van der Waals surface area contributed by atoms with Crippen LogP contribution in [-0.2, 0) is 10.1 Å². The number of benzene rings is 2. The molecule has 0 amide bonds. The predicted octanol–water partition coefficient (Wildman–Crippen LogP) is -0.723. The molecule has 20 heavy (non-hydrogen) atoms. The van der Waals surface area contributed by atoms with Crippen molar-refractivity contribution in [3.63, 3.8) is 0 Å². The zero-order valence-corrected chi connectivity index (χ0v) is 11.4. The van der Waals surface area contributed by atoms with Crippen LogP contribution in [0.2, 0.25) is 0 Å². The van der Waals surface area contributed by atoms with E-state index >= 15 is 0 Å². The summed E-state index contributed by atoms with van der Waals surface area (Å²) in [5.74, 6) is -0.0833. The third kappa shape index (κ3) is 4.71. The summed E-state index contributed by atoms with van der Waals surface area (Å²) in [4.78, 5) is -0.179. The fourth-order valence-corrected chi connectivity index (χ4v) is 2.24. The zero-order chi connectivity index (χ0) is 15.2. The summed E-state index contributed by atoms with van der Waals surface area (Å²) in [6.45, 7) is 0. The van der Waals surface area contributed by atoms with Crippen LogP contribution in [0.15, 0.2) is 59.5 Å². The van der Waals surface area contributed by atoms with Gasteiger partial charge in [0.05, 0.1) is 4.90 Å². The second kappa shape index (κ2) is 6.69. The van der Waals surface area contributed by atoms with E-state index in [1.54, 1.807) is 36.4 Å². The minimum absolute atomic E-state index is 0.0833. The molecule has 2 aromatic carbocycles. The summed E-state index contributed by atoms with van der Waals surface area (Å²) in [6, 6.07) is 15.2. The van der Waals surface area contributed by atoms with Crippen molar-refractivity contribution in [3.05, 3.63) is 54.6 Å². The van der Waals surface area contributed by atoms with E-state index in [0.29, 0.717) is 5.56 Å². The van der Waals surface area contributed by atoms with Gasteiger partial charge in [-0.05, 0) is 17.2 Å². The number of rotatable bonds is 2. The zero-order valence-electron chi connectivity index (χ0n) is 10.6. The van der Waals surface area contributed by atoms with Gasteiger partial charge in [-0.2, -0.15) is 0 Å². The van der Waals surface area contributed by atoms with Crippen LogP contribution in [0, 0.1) is 0 Å². The molecule has 0 heterocycles. The highest BCUT2D eigenvalue weighted by Crippen LogP contribution is 2.26. The lowest BCUT2D eigenvalue weighted by atomic mass is 10.1. The molecule has 0 saturated carbocycles. The van der Waals surface area contributed by atoms with Crippen molar-refractivity contribution in [2.75, 3.05) is 0 Å². The Kier molecular flexibility index (Phi) is 5.24. The molecule has 106 valence electrons. The SMILES string of the molecule is NC(N)=[NH2+].O=S(=O)([O-])c1ccccc1-c1ccccc1. The fourth-order valence-electron chi connectivity index (χ4n) is 1.54. The van der Waals surface area contributed by atoms with E-state index in [4.69, 9.17) is 0 Å². The molecule has 0 atom stereocenters. The molecule has 0 radical (unpaired) electrons. The monoisotopic (exact) mass is 293 g/mol. The van der Waals surface area contributed by atoms with E-state index in [9.17, 15) is 13.0 Å². The first-order chi connectivity index (χ1) is 9.32. The van der Waals surface area contributed by atoms with Gasteiger partial charge in [0.1, 0.15) is 10.1 Å². The molecule has 0 saturated heterocycles. The summed E-state index contributed by atoms with van der Waals surface area (Å²) >= 11 is 0. The largest absolute Gasteiger partial charge is 0.744 e. The van der Waals surface area contributed by atoms with Crippen molar-refractivity contribution in [2.45, 2.75) is 4.90 Å². The third-order valence-electron chi connectivity index (χ3n) is 2.24. The highest BCUT2D eigenvalue weighted by atomic mass is 32.2. The molecule has 0 aliphatic rings. The smallest absolute Gasteiger partial charge is 0.336 e. The standard InChI is InChI=1S/C12H10O3S.CH5N3/c13-16(14,15)12-9-5-4-8-11(12)10-6-2-1-3-7-10;2-1(3)4/h1-9H,(H,13,14,15);(H5,2,3,4). The van der Waals surface area contributed by atoms with Gasteiger partial charge in [-0.3, -0.25) is 16.9 Å². The van der Waals surface area contributed by atoms with E-state index in [1.165, 1.54) is 12.1 Å². The van der Waals surface area contributed by atoms with Gasteiger partial charge < -0.3 is 4.55 Å². The molecule has 0 spiro atoms. The summed E-state index contributed by atoms with van der Waals surface area (Å²) < 4.78 is 33.2. The lowest BCUT2D eigenvalue weighted by Crippen LogP contribution is -2.51. The first kappa shape index (κ1) is 15.7. The van der Waals surface area contributed by atoms with Crippen molar-refractivity contribution in [1.82, 2.24) is 0 Å². The van der Waals surface area contributed by atoms with Crippen molar-refractivity contribution in [2.24, 2.45) is 11.5 Å². The van der Waals surface area contributed by atoms with Gasteiger partial charge in [-0.25, -0.2) is 8.42 Å². The Morgan fingerprint density at radius 1 is 0.950 bits per heavy atom. The van der Waals surface area contributed by atoms with Crippen LogP contribution in [-0.4, -0.2) is 18.9 Å². The molecule has 2 rings (SSSR count). The molecule has 0 aliphatic carbocycles. The van der Waals surface area contributed by atoms with Gasteiger partial charge in [0, 0.05) is 0 Å². The summed E-state index contributed by atoms with van der Waals surface area (Å²) in [5, 5.41) is 4.58. The summed E-state index contributed by atoms with van der Waals surface area (Å²) in [6.07, 6.45) is 0. The van der Waals surface area contributed by atoms with E-state index in [-0.39, 0.29) is 10.9 Å². The Morgan fingerprint density at radius 2 is 1.40 bits per heavy atom. The topological polar surface area (TPSA) is 135 Å². The van der Waals surface area contributed by atoms with Crippen LogP contribution in [0.4, 0.5) is 0 Å². The normalized spacial score (nSPS) is 10.2. The molecule has 0 aliphatic heterocycles. The van der Waals surface area contributed by atoms with Gasteiger partial charge in [0.2, 0.25) is 0 Å². The summed E-state index contributed by atoms with van der Waals surface area (Å²) in [7, 11) is -4.43. The van der Waals surface area contributed by atoms with Gasteiger partial charge in [-0.15, -0.1) is 0 Å². The lowest BCUT2D eigenvalue weighted by molar-refractivity contribution is -0.116. The van der Waals surface area contributed by atoms with Crippen LogP contribution in [0.3, 0.4) is 0 Å². The molecule has 2 aromatic rings. The molecule has 0 unspecified atom stereocenters. The quantitative estimate of drug-likeness (QED) is 0.381. The maximum absolute atomic E-state index is 11.1. The molecule has 6 nitrogen and oxygen atoms in total. The number of nitrogens with two attached hydrogens (primary N) is 3. The third-order valence-corrected chi connectivity index (χ3v) is 3.14. The molecular weight excluding hydrogens is 278 g/mol. The average Bonchev–Trinajstić information content (AvgIpc) is 2.38. The van der Waals surface area contributed by atoms with Crippen LogP contribution in [0.1, 0.15) is 0 Å². The van der Waals surface area contributed by atoms with Crippen LogP contribution in [0.5, 0.6) is 0 Å². The molecule has 0 bridgehead atoms. The number of hydrogen-bond donors (Lipinski definition) is 3. The van der Waals surface area contributed by atoms with Gasteiger partial charge in [-0.1, -0.05) is 48.5 Å². The Labute approximate surface area is 117 Å². The highest BCUT2D eigenvalue weighted by Gasteiger charge is 2.08. The van der Waals surface area contributed by atoms with E-state index < -0.39 is 10.1 Å². The minimum Gasteiger partial charge on any atom is -0.744 e. The van der Waals surface area contributed by atoms with E-state index in [1.807, 2.05) is 6.07 Å². The average molecular weight is 293 g/mol. The lowest BCUT2D eigenvalue weighted by Gasteiger charge is -2.12.